The third-order valence-electron chi connectivity index (χ3n) is 4.62. The summed E-state index contributed by atoms with van der Waals surface area (Å²) in [6.07, 6.45) is 5.00. The molecule has 3 rings (SSSR count). The van der Waals surface area contributed by atoms with Gasteiger partial charge in [0.25, 0.3) is 0 Å². The highest BCUT2D eigenvalue weighted by atomic mass is 16.6. The molecule has 0 saturated heterocycles. The number of ether oxygens (including phenoxy) is 1. The standard InChI is InChI=1S/C20H23N3O3/c21-18-10-9-16(26-20(25)23-15-7-2-1-3-8-15)12-17(18)13-5-4-6-14(11-13)19(22)24/h4-6,9-12,15H,1-3,7-8,21H2,(H2,22,24)(H,23,25). The Morgan fingerprint density at radius 2 is 1.81 bits per heavy atom. The maximum atomic E-state index is 12.1. The number of amides is 2. The Balaban J connectivity index is 1.76. The zero-order chi connectivity index (χ0) is 18.5. The second-order valence-electron chi connectivity index (χ2n) is 6.56. The van der Waals surface area contributed by atoms with Gasteiger partial charge in [-0.05, 0) is 48.7 Å². The van der Waals surface area contributed by atoms with E-state index in [9.17, 15) is 9.59 Å². The summed E-state index contributed by atoms with van der Waals surface area (Å²) in [6.45, 7) is 0. The normalized spacial score (nSPS) is 14.6. The number of nitrogens with one attached hydrogen (secondary N) is 1. The fraction of sp³-hybridized carbons (Fsp3) is 0.300. The topological polar surface area (TPSA) is 107 Å². The second-order valence-corrected chi connectivity index (χ2v) is 6.56. The Labute approximate surface area is 152 Å². The van der Waals surface area contributed by atoms with Crippen LogP contribution in [-0.4, -0.2) is 18.0 Å². The number of nitrogens with two attached hydrogens (primary N) is 2. The van der Waals surface area contributed by atoms with Crippen molar-refractivity contribution in [3.63, 3.8) is 0 Å². The van der Waals surface area contributed by atoms with E-state index < -0.39 is 12.0 Å². The molecule has 6 nitrogen and oxygen atoms in total. The van der Waals surface area contributed by atoms with Crippen LogP contribution in [0.15, 0.2) is 42.5 Å². The molecule has 1 aliphatic rings. The third-order valence-corrected chi connectivity index (χ3v) is 4.62. The van der Waals surface area contributed by atoms with Crippen molar-refractivity contribution < 1.29 is 14.3 Å². The Hall–Kier alpha value is -3.02. The molecule has 26 heavy (non-hydrogen) atoms. The Morgan fingerprint density at radius 3 is 2.54 bits per heavy atom. The number of hydrogen-bond acceptors (Lipinski definition) is 4. The minimum absolute atomic E-state index is 0.178. The second kappa shape index (κ2) is 7.91. The molecule has 0 unspecified atom stereocenters. The van der Waals surface area contributed by atoms with Crippen molar-refractivity contribution >= 4 is 17.7 Å². The molecule has 2 aromatic carbocycles. The monoisotopic (exact) mass is 353 g/mol. The Kier molecular flexibility index (Phi) is 5.41. The maximum absolute atomic E-state index is 12.1. The third kappa shape index (κ3) is 4.33. The summed E-state index contributed by atoms with van der Waals surface area (Å²) >= 11 is 0. The molecule has 0 heterocycles. The average Bonchev–Trinajstić information content (AvgIpc) is 2.64. The smallest absolute Gasteiger partial charge is 0.410 e. The van der Waals surface area contributed by atoms with Crippen LogP contribution in [0.5, 0.6) is 5.75 Å². The fourth-order valence-electron chi connectivity index (χ4n) is 3.24. The predicted molar refractivity (Wildman–Crippen MR) is 101 cm³/mol. The number of rotatable bonds is 4. The molecular formula is C20H23N3O3. The zero-order valence-corrected chi connectivity index (χ0v) is 14.5. The van der Waals surface area contributed by atoms with Crippen molar-refractivity contribution in [1.82, 2.24) is 5.32 Å². The summed E-state index contributed by atoms with van der Waals surface area (Å²) in [4.78, 5) is 23.5. The summed E-state index contributed by atoms with van der Waals surface area (Å²) in [5.74, 6) is -0.114. The quantitative estimate of drug-likeness (QED) is 0.732. The summed E-state index contributed by atoms with van der Waals surface area (Å²) in [5.41, 5.74) is 13.7. The molecule has 1 aliphatic carbocycles. The van der Waals surface area contributed by atoms with E-state index in [1.807, 2.05) is 6.07 Å². The molecule has 1 fully saturated rings. The Bertz CT molecular complexity index is 814. The number of anilines is 1. The number of hydrogen-bond donors (Lipinski definition) is 3. The lowest BCUT2D eigenvalue weighted by Gasteiger charge is -2.22. The highest BCUT2D eigenvalue weighted by Crippen LogP contribution is 2.30. The van der Waals surface area contributed by atoms with Crippen LogP contribution in [0.25, 0.3) is 11.1 Å². The lowest BCUT2D eigenvalue weighted by Crippen LogP contribution is -2.38. The van der Waals surface area contributed by atoms with Crippen LogP contribution < -0.4 is 21.5 Å². The first-order valence-electron chi connectivity index (χ1n) is 8.81. The highest BCUT2D eigenvalue weighted by molar-refractivity contribution is 5.94. The number of carbonyl (C=O) groups excluding carboxylic acids is 2. The maximum Gasteiger partial charge on any atom is 0.412 e. The van der Waals surface area contributed by atoms with Crippen LogP contribution in [0.3, 0.4) is 0 Å². The van der Waals surface area contributed by atoms with E-state index in [0.29, 0.717) is 22.6 Å². The van der Waals surface area contributed by atoms with Gasteiger partial charge in [-0.3, -0.25) is 4.79 Å². The van der Waals surface area contributed by atoms with E-state index in [1.165, 1.54) is 6.42 Å². The van der Waals surface area contributed by atoms with E-state index in [-0.39, 0.29) is 6.04 Å². The van der Waals surface area contributed by atoms with Gasteiger partial charge in [0.15, 0.2) is 0 Å². The lowest BCUT2D eigenvalue weighted by molar-refractivity contribution is 0.1000. The zero-order valence-electron chi connectivity index (χ0n) is 14.5. The SMILES string of the molecule is NC(=O)c1cccc(-c2cc(OC(=O)NC3CCCCC3)ccc2N)c1. The fourth-order valence-corrected chi connectivity index (χ4v) is 3.24. The van der Waals surface area contributed by atoms with Crippen molar-refractivity contribution in [1.29, 1.82) is 0 Å². The molecule has 6 heteroatoms. The van der Waals surface area contributed by atoms with Crippen LogP contribution in [0.1, 0.15) is 42.5 Å². The van der Waals surface area contributed by atoms with Crippen molar-refractivity contribution in [3.8, 4) is 16.9 Å². The van der Waals surface area contributed by atoms with Crippen molar-refractivity contribution in [2.75, 3.05) is 5.73 Å². The summed E-state index contributed by atoms with van der Waals surface area (Å²) in [7, 11) is 0. The van der Waals surface area contributed by atoms with Crippen molar-refractivity contribution in [3.05, 3.63) is 48.0 Å². The van der Waals surface area contributed by atoms with E-state index in [0.717, 1.165) is 31.2 Å². The molecule has 1 saturated carbocycles. The number of nitrogen functional groups attached to an aromatic ring is 1. The first kappa shape index (κ1) is 17.8. The summed E-state index contributed by atoms with van der Waals surface area (Å²) in [6, 6.07) is 12.1. The van der Waals surface area contributed by atoms with Gasteiger partial charge < -0.3 is 21.5 Å². The molecule has 136 valence electrons. The molecule has 0 bridgehead atoms. The van der Waals surface area contributed by atoms with Gasteiger partial charge >= 0.3 is 6.09 Å². The summed E-state index contributed by atoms with van der Waals surface area (Å²) in [5, 5.41) is 2.91. The van der Waals surface area contributed by atoms with Crippen LogP contribution in [0.4, 0.5) is 10.5 Å². The number of carbonyl (C=O) groups is 2. The first-order chi connectivity index (χ1) is 12.5. The van der Waals surface area contributed by atoms with Crippen LogP contribution >= 0.6 is 0 Å². The van der Waals surface area contributed by atoms with Gasteiger partial charge in [-0.2, -0.15) is 0 Å². The van der Waals surface area contributed by atoms with E-state index in [1.54, 1.807) is 36.4 Å². The average molecular weight is 353 g/mol. The van der Waals surface area contributed by atoms with E-state index in [2.05, 4.69) is 5.32 Å². The van der Waals surface area contributed by atoms with Gasteiger partial charge in [0, 0.05) is 22.9 Å². The van der Waals surface area contributed by atoms with Gasteiger partial charge in [-0.1, -0.05) is 31.4 Å². The van der Waals surface area contributed by atoms with Crippen LogP contribution in [0, 0.1) is 0 Å². The molecule has 2 aromatic rings. The van der Waals surface area contributed by atoms with Gasteiger partial charge in [-0.15, -0.1) is 0 Å². The Morgan fingerprint density at radius 1 is 1.04 bits per heavy atom. The molecular weight excluding hydrogens is 330 g/mol. The number of benzene rings is 2. The molecule has 2 amide bonds. The van der Waals surface area contributed by atoms with Crippen molar-refractivity contribution in [2.24, 2.45) is 5.73 Å². The van der Waals surface area contributed by atoms with Gasteiger partial charge in [0.1, 0.15) is 5.75 Å². The van der Waals surface area contributed by atoms with Gasteiger partial charge in [0.05, 0.1) is 0 Å². The molecule has 0 atom stereocenters. The minimum Gasteiger partial charge on any atom is -0.410 e. The molecule has 0 radical (unpaired) electrons. The van der Waals surface area contributed by atoms with E-state index in [4.69, 9.17) is 16.2 Å². The molecule has 5 N–H and O–H groups in total. The van der Waals surface area contributed by atoms with Gasteiger partial charge in [-0.25, -0.2) is 4.79 Å². The molecule has 0 aromatic heterocycles. The highest BCUT2D eigenvalue weighted by Gasteiger charge is 2.17. The largest absolute Gasteiger partial charge is 0.412 e. The van der Waals surface area contributed by atoms with Gasteiger partial charge in [0.2, 0.25) is 5.91 Å². The van der Waals surface area contributed by atoms with Crippen LogP contribution in [0.2, 0.25) is 0 Å². The lowest BCUT2D eigenvalue weighted by atomic mass is 9.96. The summed E-state index contributed by atoms with van der Waals surface area (Å²) < 4.78 is 5.41. The van der Waals surface area contributed by atoms with Crippen molar-refractivity contribution in [2.45, 2.75) is 38.1 Å². The predicted octanol–water partition coefficient (Wildman–Crippen LogP) is 3.46. The van der Waals surface area contributed by atoms with Crippen LogP contribution in [-0.2, 0) is 0 Å². The number of primary amides is 1. The molecule has 0 aliphatic heterocycles. The first-order valence-corrected chi connectivity index (χ1v) is 8.81. The minimum atomic E-state index is -0.510. The molecule has 0 spiro atoms. The van der Waals surface area contributed by atoms with E-state index >= 15 is 0 Å².